The highest BCUT2D eigenvalue weighted by atomic mass is 16.3. The third-order valence-corrected chi connectivity index (χ3v) is 4.10. The van der Waals surface area contributed by atoms with Crippen molar-refractivity contribution in [3.8, 4) is 0 Å². The molecular formula is C18H27NO2. The van der Waals surface area contributed by atoms with Crippen LogP contribution in [0.4, 0.5) is 0 Å². The number of rotatable bonds is 7. The van der Waals surface area contributed by atoms with Crippen LogP contribution in [0.1, 0.15) is 38.9 Å². The summed E-state index contributed by atoms with van der Waals surface area (Å²) in [5.74, 6) is 0.226. The van der Waals surface area contributed by atoms with Crippen molar-refractivity contribution >= 4 is 5.91 Å². The molecule has 116 valence electrons. The van der Waals surface area contributed by atoms with Crippen LogP contribution in [-0.4, -0.2) is 29.0 Å². The monoisotopic (exact) mass is 289 g/mol. The number of carbonyl (C=O) groups is 1. The van der Waals surface area contributed by atoms with Gasteiger partial charge in [0.15, 0.2) is 0 Å². The minimum Gasteiger partial charge on any atom is -0.386 e. The third-order valence-electron chi connectivity index (χ3n) is 4.10. The Kier molecular flexibility index (Phi) is 6.63. The highest BCUT2D eigenvalue weighted by molar-refractivity contribution is 5.79. The summed E-state index contributed by atoms with van der Waals surface area (Å²) in [6, 6.07) is 9.18. The van der Waals surface area contributed by atoms with Crippen molar-refractivity contribution in [3.05, 3.63) is 48.6 Å². The van der Waals surface area contributed by atoms with Crippen LogP contribution in [0.25, 0.3) is 0 Å². The quantitative estimate of drug-likeness (QED) is 0.781. The lowest BCUT2D eigenvalue weighted by atomic mass is 9.90. The fraction of sp³-hybridized carbons (Fsp3) is 0.500. The Morgan fingerprint density at radius 1 is 1.29 bits per heavy atom. The predicted octanol–water partition coefficient (Wildman–Crippen LogP) is 3.42. The number of likely N-dealkylation sites (N-methyl/N-ethyl adjacent to an activating group) is 1. The van der Waals surface area contributed by atoms with Crippen molar-refractivity contribution < 1.29 is 9.90 Å². The van der Waals surface area contributed by atoms with Crippen molar-refractivity contribution in [1.29, 1.82) is 0 Å². The number of hydrogen-bond acceptors (Lipinski definition) is 2. The molecule has 0 aliphatic rings. The van der Waals surface area contributed by atoms with Gasteiger partial charge in [0.25, 0.3) is 0 Å². The first-order chi connectivity index (χ1) is 9.90. The SMILES string of the molecule is C=CCC(C(=O)N(C)C(C)C(O)c1ccccc1)C(C)C. The van der Waals surface area contributed by atoms with Crippen molar-refractivity contribution in [2.75, 3.05) is 7.05 Å². The summed E-state index contributed by atoms with van der Waals surface area (Å²) in [6.07, 6.45) is 1.76. The van der Waals surface area contributed by atoms with E-state index in [1.54, 1.807) is 18.0 Å². The van der Waals surface area contributed by atoms with Crippen molar-refractivity contribution in [2.24, 2.45) is 11.8 Å². The Morgan fingerprint density at radius 3 is 2.33 bits per heavy atom. The van der Waals surface area contributed by atoms with Gasteiger partial charge in [0, 0.05) is 13.0 Å². The van der Waals surface area contributed by atoms with Gasteiger partial charge in [0.1, 0.15) is 0 Å². The molecule has 3 heteroatoms. The van der Waals surface area contributed by atoms with Gasteiger partial charge in [-0.3, -0.25) is 4.79 Å². The minimum absolute atomic E-state index is 0.0624. The largest absolute Gasteiger partial charge is 0.386 e. The fourth-order valence-corrected chi connectivity index (χ4v) is 2.44. The van der Waals surface area contributed by atoms with E-state index in [-0.39, 0.29) is 23.8 Å². The first kappa shape index (κ1) is 17.4. The first-order valence-corrected chi connectivity index (χ1v) is 7.50. The topological polar surface area (TPSA) is 40.5 Å². The molecule has 0 radical (unpaired) electrons. The van der Waals surface area contributed by atoms with Gasteiger partial charge in [0.2, 0.25) is 5.91 Å². The van der Waals surface area contributed by atoms with Crippen molar-refractivity contribution in [3.63, 3.8) is 0 Å². The minimum atomic E-state index is -0.684. The van der Waals surface area contributed by atoms with E-state index < -0.39 is 6.10 Å². The van der Waals surface area contributed by atoms with Gasteiger partial charge >= 0.3 is 0 Å². The molecule has 1 N–H and O–H groups in total. The summed E-state index contributed by atoms with van der Waals surface area (Å²) >= 11 is 0. The molecule has 0 saturated heterocycles. The molecule has 1 rings (SSSR count). The molecular weight excluding hydrogens is 262 g/mol. The Balaban J connectivity index is 2.83. The number of amides is 1. The van der Waals surface area contributed by atoms with Crippen LogP contribution in [-0.2, 0) is 4.79 Å². The smallest absolute Gasteiger partial charge is 0.226 e. The van der Waals surface area contributed by atoms with Gasteiger partial charge in [0.05, 0.1) is 12.1 Å². The Labute approximate surface area is 128 Å². The number of carbonyl (C=O) groups excluding carboxylic acids is 1. The maximum absolute atomic E-state index is 12.6. The van der Waals surface area contributed by atoms with E-state index in [4.69, 9.17) is 0 Å². The highest BCUT2D eigenvalue weighted by Crippen LogP contribution is 2.24. The molecule has 3 atom stereocenters. The van der Waals surface area contributed by atoms with Crippen LogP contribution < -0.4 is 0 Å². The van der Waals surface area contributed by atoms with E-state index in [0.29, 0.717) is 6.42 Å². The molecule has 1 amide bonds. The van der Waals surface area contributed by atoms with Gasteiger partial charge in [-0.15, -0.1) is 6.58 Å². The summed E-state index contributed by atoms with van der Waals surface area (Å²) in [4.78, 5) is 14.3. The summed E-state index contributed by atoms with van der Waals surface area (Å²) in [5, 5.41) is 10.4. The van der Waals surface area contributed by atoms with Gasteiger partial charge in [-0.05, 0) is 24.8 Å². The highest BCUT2D eigenvalue weighted by Gasteiger charge is 2.29. The van der Waals surface area contributed by atoms with Gasteiger partial charge < -0.3 is 10.0 Å². The molecule has 3 unspecified atom stereocenters. The summed E-state index contributed by atoms with van der Waals surface area (Å²) < 4.78 is 0. The second kappa shape index (κ2) is 7.99. The summed E-state index contributed by atoms with van der Waals surface area (Å²) in [5.41, 5.74) is 0.828. The lowest BCUT2D eigenvalue weighted by Crippen LogP contribution is -2.43. The van der Waals surface area contributed by atoms with Crippen molar-refractivity contribution in [2.45, 2.75) is 39.3 Å². The molecule has 1 aromatic carbocycles. The van der Waals surface area contributed by atoms with E-state index in [2.05, 4.69) is 6.58 Å². The second-order valence-corrected chi connectivity index (χ2v) is 5.92. The van der Waals surface area contributed by atoms with E-state index >= 15 is 0 Å². The number of allylic oxidation sites excluding steroid dienone is 1. The summed E-state index contributed by atoms with van der Waals surface area (Å²) in [6.45, 7) is 9.69. The van der Waals surface area contributed by atoms with Crippen LogP contribution in [0.3, 0.4) is 0 Å². The average molecular weight is 289 g/mol. The lowest BCUT2D eigenvalue weighted by Gasteiger charge is -2.33. The maximum Gasteiger partial charge on any atom is 0.226 e. The number of aliphatic hydroxyl groups excluding tert-OH is 1. The molecule has 0 saturated carbocycles. The van der Waals surface area contributed by atoms with Gasteiger partial charge in [-0.2, -0.15) is 0 Å². The third kappa shape index (κ3) is 4.43. The second-order valence-electron chi connectivity index (χ2n) is 5.92. The van der Waals surface area contributed by atoms with Crippen molar-refractivity contribution in [1.82, 2.24) is 4.90 Å². The molecule has 0 aromatic heterocycles. The lowest BCUT2D eigenvalue weighted by molar-refractivity contribution is -0.139. The van der Waals surface area contributed by atoms with Gasteiger partial charge in [-0.1, -0.05) is 50.3 Å². The van der Waals surface area contributed by atoms with E-state index in [1.165, 1.54) is 0 Å². The standard InChI is InChI=1S/C18H27NO2/c1-6-10-16(13(2)3)18(21)19(5)14(4)17(20)15-11-8-7-9-12-15/h6-9,11-14,16-17,20H,1,10H2,2-5H3. The van der Waals surface area contributed by atoms with E-state index in [1.807, 2.05) is 51.1 Å². The molecule has 3 nitrogen and oxygen atoms in total. The van der Waals surface area contributed by atoms with Crippen LogP contribution in [0.15, 0.2) is 43.0 Å². The van der Waals surface area contributed by atoms with Crippen LogP contribution in [0, 0.1) is 11.8 Å². The van der Waals surface area contributed by atoms with Gasteiger partial charge in [-0.25, -0.2) is 0 Å². The molecule has 0 aliphatic carbocycles. The molecule has 0 heterocycles. The number of nitrogens with zero attached hydrogens (tertiary/aromatic N) is 1. The zero-order valence-corrected chi connectivity index (χ0v) is 13.5. The van der Waals surface area contributed by atoms with Crippen LogP contribution in [0.2, 0.25) is 0 Å². The fourth-order valence-electron chi connectivity index (χ4n) is 2.44. The maximum atomic E-state index is 12.6. The zero-order valence-electron chi connectivity index (χ0n) is 13.5. The molecule has 0 aliphatic heterocycles. The molecule has 0 spiro atoms. The predicted molar refractivity (Wildman–Crippen MR) is 86.8 cm³/mol. The normalized spacial score (nSPS) is 15.3. The summed E-state index contributed by atoms with van der Waals surface area (Å²) in [7, 11) is 1.76. The molecule has 0 bridgehead atoms. The molecule has 1 aromatic rings. The van der Waals surface area contributed by atoms with E-state index in [0.717, 1.165) is 5.56 Å². The number of hydrogen-bond donors (Lipinski definition) is 1. The zero-order chi connectivity index (χ0) is 16.0. The number of aliphatic hydroxyl groups is 1. The Hall–Kier alpha value is -1.61. The Morgan fingerprint density at radius 2 is 1.86 bits per heavy atom. The average Bonchev–Trinajstić information content (AvgIpc) is 2.50. The molecule has 21 heavy (non-hydrogen) atoms. The Bertz CT molecular complexity index is 456. The van der Waals surface area contributed by atoms with E-state index in [9.17, 15) is 9.90 Å². The first-order valence-electron chi connectivity index (χ1n) is 7.50. The molecule has 0 fully saturated rings. The van der Waals surface area contributed by atoms with Crippen LogP contribution in [0.5, 0.6) is 0 Å². The van der Waals surface area contributed by atoms with Crippen LogP contribution >= 0.6 is 0 Å². The number of benzene rings is 1.